The molecule has 1 atom stereocenters. The van der Waals surface area contributed by atoms with Crippen LogP contribution in [0.1, 0.15) is 25.8 Å². The predicted molar refractivity (Wildman–Crippen MR) is 63.9 cm³/mol. The van der Waals surface area contributed by atoms with Gasteiger partial charge in [-0.2, -0.15) is 0 Å². The number of hydrogen-bond acceptors (Lipinski definition) is 2. The van der Waals surface area contributed by atoms with Gasteiger partial charge in [0, 0.05) is 11.6 Å². The number of amides is 1. The van der Waals surface area contributed by atoms with Crippen LogP contribution in [-0.2, 0) is 11.2 Å². The lowest BCUT2D eigenvalue weighted by Crippen LogP contribution is -2.49. The van der Waals surface area contributed by atoms with Crippen molar-refractivity contribution in [3.8, 4) is 0 Å². The van der Waals surface area contributed by atoms with E-state index in [0.29, 0.717) is 18.6 Å². The zero-order valence-electron chi connectivity index (χ0n) is 10.8. The number of nitrogens with one attached hydrogen (secondary N) is 1. The van der Waals surface area contributed by atoms with Crippen molar-refractivity contribution in [3.05, 3.63) is 35.1 Å². The Balaban J connectivity index is 2.80. The Morgan fingerprint density at radius 1 is 1.26 bits per heavy atom. The van der Waals surface area contributed by atoms with E-state index >= 15 is 0 Å². The minimum Gasteiger partial charge on any atom is -0.394 e. The Kier molecular flexibility index (Phi) is 4.94. The zero-order chi connectivity index (χ0) is 14.6. The van der Waals surface area contributed by atoms with Gasteiger partial charge in [0.05, 0.1) is 18.6 Å². The number of aliphatic hydroxyl groups is 1. The predicted octanol–water partition coefficient (Wildman–Crippen LogP) is 1.92. The molecule has 0 heterocycles. The molecular formula is C13H16F3NO2. The maximum absolute atomic E-state index is 13.4. The molecule has 0 bridgehead atoms. The van der Waals surface area contributed by atoms with Crippen molar-refractivity contribution in [2.45, 2.75) is 32.2 Å². The van der Waals surface area contributed by atoms with E-state index in [9.17, 15) is 18.0 Å². The molecule has 0 radical (unpaired) electrons. The van der Waals surface area contributed by atoms with Crippen molar-refractivity contribution in [1.82, 2.24) is 5.32 Å². The lowest BCUT2D eigenvalue weighted by atomic mass is 9.99. The molecule has 2 N–H and O–H groups in total. The van der Waals surface area contributed by atoms with Crippen LogP contribution in [0, 0.1) is 17.5 Å². The number of benzene rings is 1. The minimum atomic E-state index is -1.30. The highest BCUT2D eigenvalue weighted by atomic mass is 19.2. The third kappa shape index (κ3) is 3.96. The van der Waals surface area contributed by atoms with Crippen molar-refractivity contribution in [2.75, 3.05) is 6.61 Å². The molecule has 0 saturated heterocycles. The van der Waals surface area contributed by atoms with E-state index in [1.54, 1.807) is 13.8 Å². The minimum absolute atomic E-state index is 0.229. The monoisotopic (exact) mass is 275 g/mol. The summed E-state index contributed by atoms with van der Waals surface area (Å²) in [6.45, 7) is 3.14. The zero-order valence-corrected chi connectivity index (χ0v) is 10.8. The van der Waals surface area contributed by atoms with Crippen molar-refractivity contribution in [1.29, 1.82) is 0 Å². The summed E-state index contributed by atoms with van der Waals surface area (Å²) in [7, 11) is 0. The first-order valence-corrected chi connectivity index (χ1v) is 5.86. The van der Waals surface area contributed by atoms with Crippen molar-refractivity contribution in [3.63, 3.8) is 0 Å². The standard InChI is InChI=1S/C13H16F3NO2/c1-3-13(2,7-18)17-12(19)5-8-4-10(15)11(16)6-9(8)14/h4,6,18H,3,5,7H2,1-2H3,(H,17,19). The maximum Gasteiger partial charge on any atom is 0.225 e. The molecular weight excluding hydrogens is 259 g/mol. The molecule has 0 aliphatic carbocycles. The van der Waals surface area contributed by atoms with Crippen molar-refractivity contribution in [2.24, 2.45) is 0 Å². The highest BCUT2D eigenvalue weighted by molar-refractivity contribution is 5.79. The largest absolute Gasteiger partial charge is 0.394 e. The van der Waals surface area contributed by atoms with Crippen LogP contribution in [0.3, 0.4) is 0 Å². The van der Waals surface area contributed by atoms with Crippen LogP contribution in [0.2, 0.25) is 0 Å². The number of carbonyl (C=O) groups excluding carboxylic acids is 1. The molecule has 1 amide bonds. The van der Waals surface area contributed by atoms with Gasteiger partial charge in [-0.3, -0.25) is 4.79 Å². The van der Waals surface area contributed by atoms with E-state index < -0.39 is 35.3 Å². The van der Waals surface area contributed by atoms with Crippen molar-refractivity contribution < 1.29 is 23.1 Å². The van der Waals surface area contributed by atoms with Crippen LogP contribution >= 0.6 is 0 Å². The maximum atomic E-state index is 13.4. The second kappa shape index (κ2) is 6.06. The highest BCUT2D eigenvalue weighted by Gasteiger charge is 2.24. The molecule has 6 heteroatoms. The molecule has 106 valence electrons. The average Bonchev–Trinajstić information content (AvgIpc) is 2.35. The first kappa shape index (κ1) is 15.5. The number of rotatable bonds is 5. The van der Waals surface area contributed by atoms with Crippen LogP contribution in [0.5, 0.6) is 0 Å². The summed E-state index contributed by atoms with van der Waals surface area (Å²) in [5.41, 5.74) is -1.04. The lowest BCUT2D eigenvalue weighted by Gasteiger charge is -2.27. The topological polar surface area (TPSA) is 49.3 Å². The fourth-order valence-corrected chi connectivity index (χ4v) is 1.49. The van der Waals surface area contributed by atoms with E-state index in [1.165, 1.54) is 0 Å². The molecule has 0 spiro atoms. The summed E-state index contributed by atoms with van der Waals surface area (Å²) in [5, 5.41) is 11.7. The van der Waals surface area contributed by atoms with E-state index in [4.69, 9.17) is 5.11 Å². The molecule has 1 unspecified atom stereocenters. The van der Waals surface area contributed by atoms with Gasteiger partial charge in [0.1, 0.15) is 5.82 Å². The molecule has 1 rings (SSSR count). The van der Waals surface area contributed by atoms with Crippen LogP contribution in [0.4, 0.5) is 13.2 Å². The fourth-order valence-electron chi connectivity index (χ4n) is 1.49. The van der Waals surface area contributed by atoms with E-state index in [2.05, 4.69) is 5.32 Å². The van der Waals surface area contributed by atoms with Gasteiger partial charge >= 0.3 is 0 Å². The van der Waals surface area contributed by atoms with E-state index in [0.717, 1.165) is 0 Å². The SMILES string of the molecule is CCC(C)(CO)NC(=O)Cc1cc(F)c(F)cc1F. The van der Waals surface area contributed by atoms with Gasteiger partial charge in [0.15, 0.2) is 11.6 Å². The Morgan fingerprint density at radius 3 is 2.37 bits per heavy atom. The van der Waals surface area contributed by atoms with Crippen LogP contribution in [0.15, 0.2) is 12.1 Å². The summed E-state index contributed by atoms with van der Waals surface area (Å²) in [4.78, 5) is 11.7. The number of hydrogen-bond donors (Lipinski definition) is 2. The summed E-state index contributed by atoms with van der Waals surface area (Å²) >= 11 is 0. The molecule has 0 fully saturated rings. The molecule has 1 aromatic carbocycles. The number of halogens is 3. The molecule has 1 aromatic rings. The molecule has 0 aromatic heterocycles. The van der Waals surface area contributed by atoms with Gasteiger partial charge in [-0.1, -0.05) is 6.92 Å². The summed E-state index contributed by atoms with van der Waals surface area (Å²) in [6, 6.07) is 1.06. The second-order valence-electron chi connectivity index (χ2n) is 4.66. The summed E-state index contributed by atoms with van der Waals surface area (Å²) < 4.78 is 39.0. The Morgan fingerprint density at radius 2 is 1.84 bits per heavy atom. The molecule has 0 saturated carbocycles. The van der Waals surface area contributed by atoms with Crippen LogP contribution in [0.25, 0.3) is 0 Å². The van der Waals surface area contributed by atoms with Crippen LogP contribution in [-0.4, -0.2) is 23.2 Å². The van der Waals surface area contributed by atoms with Gasteiger partial charge in [0.2, 0.25) is 5.91 Å². The smallest absolute Gasteiger partial charge is 0.225 e. The molecule has 0 aliphatic heterocycles. The third-order valence-electron chi connectivity index (χ3n) is 3.01. The Labute approximate surface area is 109 Å². The van der Waals surface area contributed by atoms with Gasteiger partial charge in [-0.05, 0) is 19.4 Å². The Hall–Kier alpha value is -1.56. The third-order valence-corrected chi connectivity index (χ3v) is 3.01. The lowest BCUT2D eigenvalue weighted by molar-refractivity contribution is -0.122. The average molecular weight is 275 g/mol. The van der Waals surface area contributed by atoms with Crippen molar-refractivity contribution >= 4 is 5.91 Å². The van der Waals surface area contributed by atoms with Gasteiger partial charge in [-0.15, -0.1) is 0 Å². The number of carbonyl (C=O) groups is 1. The highest BCUT2D eigenvalue weighted by Crippen LogP contribution is 2.15. The normalized spacial score (nSPS) is 14.0. The van der Waals surface area contributed by atoms with Gasteiger partial charge in [0.25, 0.3) is 0 Å². The molecule has 0 aliphatic rings. The number of aliphatic hydroxyl groups excluding tert-OH is 1. The first-order chi connectivity index (χ1) is 8.81. The van der Waals surface area contributed by atoms with E-state index in [-0.39, 0.29) is 12.2 Å². The fraction of sp³-hybridized carbons (Fsp3) is 0.462. The Bertz CT molecular complexity index is 473. The van der Waals surface area contributed by atoms with E-state index in [1.807, 2.05) is 0 Å². The van der Waals surface area contributed by atoms with Gasteiger partial charge < -0.3 is 10.4 Å². The summed E-state index contributed by atoms with van der Waals surface area (Å²) in [5.74, 6) is -4.04. The molecule has 19 heavy (non-hydrogen) atoms. The summed E-state index contributed by atoms with van der Waals surface area (Å²) in [6.07, 6.45) is 0.0636. The second-order valence-corrected chi connectivity index (χ2v) is 4.66. The first-order valence-electron chi connectivity index (χ1n) is 5.86. The molecule has 3 nitrogen and oxygen atoms in total. The van der Waals surface area contributed by atoms with Gasteiger partial charge in [-0.25, -0.2) is 13.2 Å². The van der Waals surface area contributed by atoms with Crippen LogP contribution < -0.4 is 5.32 Å². The quantitative estimate of drug-likeness (QED) is 0.807.